The standard InChI is InChI=1S/C22H20FN3O2S2/c23-17-3-1-14(2-4-17)19(12-27)22(28)25-8-15(9-25)16-10-26(11-16)30-18-5-6-20-21(7-18)29-13-24-20/h1-7,13,19,27H,8-12H2. The summed E-state index contributed by atoms with van der Waals surface area (Å²) in [4.78, 5) is 20.0. The Bertz CT molecular complexity index is 1110. The lowest BCUT2D eigenvalue weighted by Crippen LogP contribution is -2.50. The van der Waals surface area contributed by atoms with Crippen LogP contribution in [0, 0.1) is 5.82 Å². The van der Waals surface area contributed by atoms with Gasteiger partial charge in [0.05, 0.1) is 28.3 Å². The molecule has 154 valence electrons. The molecule has 0 aliphatic carbocycles. The lowest BCUT2D eigenvalue weighted by molar-refractivity contribution is -0.135. The first kappa shape index (κ1) is 19.7. The minimum Gasteiger partial charge on any atom is -0.395 e. The molecule has 0 saturated carbocycles. The molecule has 1 amide bonds. The third-order valence-corrected chi connectivity index (χ3v) is 7.37. The third-order valence-electron chi connectivity index (χ3n) is 5.60. The van der Waals surface area contributed by atoms with Crippen LogP contribution in [0.2, 0.25) is 0 Å². The number of halogens is 1. The average Bonchev–Trinajstić information content (AvgIpc) is 3.14. The van der Waals surface area contributed by atoms with Gasteiger partial charge in [0, 0.05) is 31.1 Å². The number of carbonyl (C=O) groups excluding carboxylic acids is 1. The van der Waals surface area contributed by atoms with E-state index in [0.29, 0.717) is 18.7 Å². The Morgan fingerprint density at radius 3 is 2.60 bits per heavy atom. The van der Waals surface area contributed by atoms with Crippen molar-refractivity contribution in [3.8, 4) is 0 Å². The second-order valence-corrected chi connectivity index (χ2v) is 9.62. The summed E-state index contributed by atoms with van der Waals surface area (Å²) in [5, 5.41) is 9.68. The van der Waals surface area contributed by atoms with E-state index in [-0.39, 0.29) is 18.3 Å². The summed E-state index contributed by atoms with van der Waals surface area (Å²) >= 11 is 3.40. The minimum absolute atomic E-state index is 0.100. The number of hydrogen-bond donors (Lipinski definition) is 1. The maximum atomic E-state index is 13.1. The van der Waals surface area contributed by atoms with Crippen LogP contribution in [-0.4, -0.2) is 58.0 Å². The number of aliphatic hydroxyl groups is 1. The number of nitrogens with zero attached hydrogens (tertiary/aromatic N) is 3. The Kier molecular flexibility index (Phi) is 5.32. The number of amides is 1. The van der Waals surface area contributed by atoms with E-state index in [9.17, 15) is 14.3 Å². The molecule has 0 radical (unpaired) electrons. The molecular formula is C22H20FN3O2S2. The van der Waals surface area contributed by atoms with Crippen LogP contribution in [0.25, 0.3) is 10.2 Å². The SMILES string of the molecule is O=C(C(CO)c1ccc(F)cc1)N1CC(=C2CN(Sc3ccc4ncsc4c3)C2)C1. The van der Waals surface area contributed by atoms with Crippen LogP contribution in [-0.2, 0) is 4.79 Å². The van der Waals surface area contributed by atoms with E-state index in [2.05, 4.69) is 27.5 Å². The number of aromatic nitrogens is 1. The Morgan fingerprint density at radius 1 is 1.13 bits per heavy atom. The highest BCUT2D eigenvalue weighted by molar-refractivity contribution is 7.97. The number of aliphatic hydroxyl groups excluding tert-OH is 1. The number of carbonyl (C=O) groups is 1. The van der Waals surface area contributed by atoms with Gasteiger partial charge in [0.25, 0.3) is 0 Å². The van der Waals surface area contributed by atoms with Crippen molar-refractivity contribution in [2.75, 3.05) is 32.8 Å². The van der Waals surface area contributed by atoms with Crippen molar-refractivity contribution in [2.24, 2.45) is 0 Å². The predicted molar refractivity (Wildman–Crippen MR) is 117 cm³/mol. The van der Waals surface area contributed by atoms with Crippen LogP contribution >= 0.6 is 23.3 Å². The van der Waals surface area contributed by atoms with E-state index in [1.165, 1.54) is 32.9 Å². The lowest BCUT2D eigenvalue weighted by Gasteiger charge is -2.42. The zero-order valence-corrected chi connectivity index (χ0v) is 17.8. The summed E-state index contributed by atoms with van der Waals surface area (Å²) in [5.41, 5.74) is 6.26. The van der Waals surface area contributed by atoms with Gasteiger partial charge in [-0.05, 0) is 59.0 Å². The molecule has 3 aromatic rings. The fraction of sp³-hybridized carbons (Fsp3) is 0.273. The van der Waals surface area contributed by atoms with E-state index in [0.717, 1.165) is 18.6 Å². The molecule has 3 heterocycles. The average molecular weight is 442 g/mol. The Hall–Kier alpha value is -2.26. The Labute approximate surface area is 182 Å². The van der Waals surface area contributed by atoms with Crippen LogP contribution in [0.1, 0.15) is 11.5 Å². The van der Waals surface area contributed by atoms with Gasteiger partial charge in [-0.15, -0.1) is 11.3 Å². The normalized spacial score (nSPS) is 17.7. The zero-order valence-electron chi connectivity index (χ0n) is 16.1. The number of thiazole rings is 1. The monoisotopic (exact) mass is 441 g/mol. The summed E-state index contributed by atoms with van der Waals surface area (Å²) in [5.74, 6) is -1.08. The molecule has 2 aliphatic rings. The van der Waals surface area contributed by atoms with Crippen molar-refractivity contribution in [3.63, 3.8) is 0 Å². The summed E-state index contributed by atoms with van der Waals surface area (Å²) in [6.45, 7) is 2.78. The third kappa shape index (κ3) is 3.76. The number of rotatable bonds is 5. The summed E-state index contributed by atoms with van der Waals surface area (Å²) in [7, 11) is 0. The predicted octanol–water partition coefficient (Wildman–Crippen LogP) is 3.67. The van der Waals surface area contributed by atoms with Crippen LogP contribution in [0.3, 0.4) is 0 Å². The first-order valence-corrected chi connectivity index (χ1v) is 11.4. The summed E-state index contributed by atoms with van der Waals surface area (Å²) in [6.07, 6.45) is 0. The molecule has 1 aromatic heterocycles. The molecule has 1 N–H and O–H groups in total. The van der Waals surface area contributed by atoms with Gasteiger partial charge in [0.2, 0.25) is 5.91 Å². The number of fused-ring (bicyclic) bond motifs is 1. The topological polar surface area (TPSA) is 56.7 Å². The van der Waals surface area contributed by atoms with Gasteiger partial charge in [-0.25, -0.2) is 13.7 Å². The molecule has 1 unspecified atom stereocenters. The van der Waals surface area contributed by atoms with Gasteiger partial charge < -0.3 is 10.0 Å². The number of hydrogen-bond acceptors (Lipinski definition) is 6. The van der Waals surface area contributed by atoms with Gasteiger partial charge in [-0.1, -0.05) is 12.1 Å². The van der Waals surface area contributed by atoms with E-state index < -0.39 is 5.92 Å². The Morgan fingerprint density at radius 2 is 1.87 bits per heavy atom. The molecule has 1 atom stereocenters. The van der Waals surface area contributed by atoms with E-state index in [4.69, 9.17) is 0 Å². The maximum Gasteiger partial charge on any atom is 0.233 e. The quantitative estimate of drug-likeness (QED) is 0.484. The lowest BCUT2D eigenvalue weighted by atomic mass is 9.92. The molecule has 0 spiro atoms. The van der Waals surface area contributed by atoms with Crippen LogP contribution in [0.15, 0.2) is 64.0 Å². The van der Waals surface area contributed by atoms with Gasteiger partial charge in [-0.3, -0.25) is 4.79 Å². The van der Waals surface area contributed by atoms with Gasteiger partial charge >= 0.3 is 0 Å². The van der Waals surface area contributed by atoms with Crippen LogP contribution < -0.4 is 0 Å². The summed E-state index contributed by atoms with van der Waals surface area (Å²) < 4.78 is 16.6. The van der Waals surface area contributed by atoms with Crippen LogP contribution in [0.5, 0.6) is 0 Å². The molecular weight excluding hydrogens is 421 g/mol. The second-order valence-electron chi connectivity index (χ2n) is 7.56. The first-order valence-electron chi connectivity index (χ1n) is 9.72. The van der Waals surface area contributed by atoms with Crippen molar-refractivity contribution in [2.45, 2.75) is 10.8 Å². The van der Waals surface area contributed by atoms with Crippen molar-refractivity contribution in [1.82, 2.24) is 14.2 Å². The fourth-order valence-corrected chi connectivity index (χ4v) is 5.57. The van der Waals surface area contributed by atoms with Gasteiger partial charge in [0.15, 0.2) is 0 Å². The molecule has 5 nitrogen and oxygen atoms in total. The highest BCUT2D eigenvalue weighted by Gasteiger charge is 2.35. The zero-order chi connectivity index (χ0) is 20.7. The highest BCUT2D eigenvalue weighted by atomic mass is 32.2. The maximum absolute atomic E-state index is 13.1. The summed E-state index contributed by atoms with van der Waals surface area (Å²) in [6, 6.07) is 12.1. The van der Waals surface area contributed by atoms with Gasteiger partial charge in [-0.2, -0.15) is 0 Å². The molecule has 5 rings (SSSR count). The first-order chi connectivity index (χ1) is 14.6. The van der Waals surface area contributed by atoms with Crippen LogP contribution in [0.4, 0.5) is 4.39 Å². The van der Waals surface area contributed by atoms with E-state index >= 15 is 0 Å². The largest absolute Gasteiger partial charge is 0.395 e. The molecule has 8 heteroatoms. The van der Waals surface area contributed by atoms with Gasteiger partial charge in [0.1, 0.15) is 5.82 Å². The van der Waals surface area contributed by atoms with E-state index in [1.54, 1.807) is 40.3 Å². The van der Waals surface area contributed by atoms with Crippen molar-refractivity contribution >= 4 is 39.4 Å². The number of likely N-dealkylation sites (tertiary alicyclic amines) is 1. The molecule has 0 bridgehead atoms. The molecule has 2 fully saturated rings. The van der Waals surface area contributed by atoms with Crippen molar-refractivity contribution in [3.05, 3.63) is 70.5 Å². The highest BCUT2D eigenvalue weighted by Crippen LogP contribution is 2.35. The molecule has 30 heavy (non-hydrogen) atoms. The number of benzene rings is 2. The second kappa shape index (κ2) is 8.11. The molecule has 2 aliphatic heterocycles. The smallest absolute Gasteiger partial charge is 0.233 e. The molecule has 2 saturated heterocycles. The minimum atomic E-state index is -0.632. The molecule has 2 aromatic carbocycles. The van der Waals surface area contributed by atoms with Crippen molar-refractivity contribution < 1.29 is 14.3 Å². The van der Waals surface area contributed by atoms with E-state index in [1.807, 2.05) is 5.51 Å². The fourth-order valence-electron chi connectivity index (χ4n) is 3.74. The van der Waals surface area contributed by atoms with Crippen molar-refractivity contribution in [1.29, 1.82) is 0 Å². The Balaban J connectivity index is 1.15.